The zero-order valence-corrected chi connectivity index (χ0v) is 38.8. The summed E-state index contributed by atoms with van der Waals surface area (Å²) in [5.41, 5.74) is 22.3. The molecule has 6 aromatic carbocycles. The van der Waals surface area contributed by atoms with Gasteiger partial charge in [-0.15, -0.1) is 0 Å². The molecule has 4 heterocycles. The van der Waals surface area contributed by atoms with Gasteiger partial charge in [-0.05, 0) is 147 Å². The quantitative estimate of drug-likeness (QED) is 0.166. The van der Waals surface area contributed by atoms with E-state index >= 15 is 0 Å². The normalized spacial score (nSPS) is 13.9. The van der Waals surface area contributed by atoms with E-state index in [1.807, 2.05) is 18.4 Å². The van der Waals surface area contributed by atoms with Crippen LogP contribution < -0.4 is 26.4 Å². The highest BCUT2D eigenvalue weighted by Crippen LogP contribution is 2.50. The lowest BCUT2D eigenvalue weighted by Gasteiger charge is -2.44. The molecule has 8 aromatic rings. The molecule has 0 fully saturated rings. The average Bonchev–Trinajstić information content (AvgIpc) is 3.82. The van der Waals surface area contributed by atoms with Crippen LogP contribution in [0.5, 0.6) is 0 Å². The van der Waals surface area contributed by atoms with Crippen molar-refractivity contribution in [3.05, 3.63) is 149 Å². The Morgan fingerprint density at radius 2 is 1.15 bits per heavy atom. The maximum atomic E-state index is 7.35. The Morgan fingerprint density at radius 1 is 0.548 bits per heavy atom. The van der Waals surface area contributed by atoms with Crippen molar-refractivity contribution < 1.29 is 8.83 Å². The van der Waals surface area contributed by atoms with Crippen LogP contribution in [-0.4, -0.2) is 6.71 Å². The summed E-state index contributed by atoms with van der Waals surface area (Å²) in [6, 6.07) is 41.3. The standard InChI is InChI=1S/C57H59BN2O2/c1-33(2)36-28-47-51-48(29-36)60(52-34(3)26-37(27-35(52)4)44-32-61-49-17-15-14-16-42(44)49)53-43-30-39(56(8,9)10)21-25-50(43)62-54(53)58(51)45-31-40(57(11,12)13)20-24-46(45)59(47)41-22-18-38(19-23-41)55(5,6)7/h14-33H,1-13H3. The van der Waals surface area contributed by atoms with Gasteiger partial charge in [0, 0.05) is 39.1 Å². The fraction of sp³-hybridized carbons (Fsp3) is 0.298. The maximum Gasteiger partial charge on any atom is 0.297 e. The first kappa shape index (κ1) is 40.2. The monoisotopic (exact) mass is 814 g/mol. The number of aryl methyl sites for hydroxylation is 2. The van der Waals surface area contributed by atoms with Gasteiger partial charge in [-0.1, -0.05) is 125 Å². The summed E-state index contributed by atoms with van der Waals surface area (Å²) in [7, 11) is 0. The largest absolute Gasteiger partial charge is 0.468 e. The molecule has 2 aliphatic rings. The number of furan rings is 2. The van der Waals surface area contributed by atoms with E-state index in [0.29, 0.717) is 5.92 Å². The Kier molecular flexibility index (Phi) is 8.93. The predicted octanol–water partition coefficient (Wildman–Crippen LogP) is 14.6. The molecular weight excluding hydrogens is 755 g/mol. The molecule has 62 heavy (non-hydrogen) atoms. The minimum Gasteiger partial charge on any atom is -0.468 e. The smallest absolute Gasteiger partial charge is 0.297 e. The summed E-state index contributed by atoms with van der Waals surface area (Å²) in [5.74, 6) is 0.292. The number of rotatable bonds is 4. The van der Waals surface area contributed by atoms with Crippen LogP contribution >= 0.6 is 0 Å². The SMILES string of the molecule is Cc1cc(-c2coc3ccccc23)cc(C)c1N1c2cc(C(C)C)cc3c2B(c2cc(C(C)(C)C)ccc2N3c2ccc(C(C)(C)C)cc2)c2oc3ccc(C(C)(C)C)cc3c21. The lowest BCUT2D eigenvalue weighted by molar-refractivity contribution is 0.590. The summed E-state index contributed by atoms with van der Waals surface area (Å²) in [5, 5.41) is 2.27. The van der Waals surface area contributed by atoms with E-state index in [9.17, 15) is 0 Å². The molecule has 312 valence electrons. The third-order valence-electron chi connectivity index (χ3n) is 13.6. The van der Waals surface area contributed by atoms with Crippen molar-refractivity contribution in [3.63, 3.8) is 0 Å². The zero-order chi connectivity index (χ0) is 43.8. The van der Waals surface area contributed by atoms with Crippen molar-refractivity contribution in [2.75, 3.05) is 9.80 Å². The molecule has 4 nitrogen and oxygen atoms in total. The topological polar surface area (TPSA) is 32.8 Å². The lowest BCUT2D eigenvalue weighted by atomic mass is 9.35. The number of nitrogens with zero attached hydrogens (tertiary/aromatic N) is 2. The molecule has 0 bridgehead atoms. The van der Waals surface area contributed by atoms with Crippen LogP contribution in [0.1, 0.15) is 115 Å². The van der Waals surface area contributed by atoms with Crippen molar-refractivity contribution in [2.45, 2.75) is 112 Å². The first-order chi connectivity index (χ1) is 29.3. The summed E-state index contributed by atoms with van der Waals surface area (Å²) < 4.78 is 13.4. The first-order valence-corrected chi connectivity index (χ1v) is 22.5. The molecule has 0 amide bonds. The second-order valence-electron chi connectivity index (χ2n) is 21.4. The molecule has 0 unspecified atom stereocenters. The molecule has 0 N–H and O–H groups in total. The molecule has 0 aliphatic carbocycles. The Labute approximate surface area is 368 Å². The minimum absolute atomic E-state index is 0.0444. The lowest BCUT2D eigenvalue weighted by Crippen LogP contribution is -2.61. The molecule has 2 aromatic heterocycles. The minimum atomic E-state index is -0.127. The number of para-hydroxylation sites is 1. The van der Waals surface area contributed by atoms with Gasteiger partial charge in [-0.25, -0.2) is 0 Å². The van der Waals surface area contributed by atoms with Gasteiger partial charge in [0.25, 0.3) is 6.71 Å². The van der Waals surface area contributed by atoms with E-state index < -0.39 is 0 Å². The van der Waals surface area contributed by atoms with Crippen molar-refractivity contribution in [2.24, 2.45) is 0 Å². The van der Waals surface area contributed by atoms with E-state index in [1.165, 1.54) is 67.1 Å². The van der Waals surface area contributed by atoms with Crippen LogP contribution in [-0.2, 0) is 16.2 Å². The molecular formula is C57H59BN2O2. The van der Waals surface area contributed by atoms with Gasteiger partial charge in [-0.2, -0.15) is 0 Å². The van der Waals surface area contributed by atoms with Crippen LogP contribution in [0, 0.1) is 13.8 Å². The second-order valence-corrected chi connectivity index (χ2v) is 21.4. The third-order valence-corrected chi connectivity index (χ3v) is 13.6. The van der Waals surface area contributed by atoms with Gasteiger partial charge in [0.05, 0.1) is 23.3 Å². The maximum absolute atomic E-state index is 7.35. The highest BCUT2D eigenvalue weighted by molar-refractivity contribution is 7.00. The fourth-order valence-corrected chi connectivity index (χ4v) is 10.1. The van der Waals surface area contributed by atoms with Crippen LogP contribution in [0.2, 0.25) is 0 Å². The summed E-state index contributed by atoms with van der Waals surface area (Å²) >= 11 is 0. The summed E-state index contributed by atoms with van der Waals surface area (Å²) in [6.45, 7) is 29.8. The molecule has 0 spiro atoms. The van der Waals surface area contributed by atoms with E-state index in [1.54, 1.807) is 0 Å². The molecule has 2 aliphatic heterocycles. The number of hydrogen-bond acceptors (Lipinski definition) is 4. The van der Waals surface area contributed by atoms with Crippen molar-refractivity contribution in [3.8, 4) is 11.1 Å². The molecule has 10 rings (SSSR count). The molecule has 0 saturated heterocycles. The van der Waals surface area contributed by atoms with Gasteiger partial charge >= 0.3 is 0 Å². The summed E-state index contributed by atoms with van der Waals surface area (Å²) in [4.78, 5) is 5.11. The predicted molar refractivity (Wildman–Crippen MR) is 265 cm³/mol. The van der Waals surface area contributed by atoms with Gasteiger partial charge in [-0.3, -0.25) is 0 Å². The Balaban J connectivity index is 1.32. The number of hydrogen-bond donors (Lipinski definition) is 0. The van der Waals surface area contributed by atoms with Crippen molar-refractivity contribution >= 4 is 79.4 Å². The highest BCUT2D eigenvalue weighted by Gasteiger charge is 2.48. The molecule has 0 saturated carbocycles. The number of fused-ring (bicyclic) bond motifs is 7. The zero-order valence-electron chi connectivity index (χ0n) is 38.8. The van der Waals surface area contributed by atoms with Gasteiger partial charge in [0.2, 0.25) is 0 Å². The van der Waals surface area contributed by atoms with Crippen molar-refractivity contribution in [1.29, 1.82) is 0 Å². The van der Waals surface area contributed by atoms with Gasteiger partial charge in [0.15, 0.2) is 0 Å². The highest BCUT2D eigenvalue weighted by atomic mass is 16.3. The molecule has 0 atom stereocenters. The van der Waals surface area contributed by atoms with E-state index in [-0.39, 0.29) is 23.0 Å². The fourth-order valence-electron chi connectivity index (χ4n) is 10.1. The van der Waals surface area contributed by atoms with Crippen LogP contribution in [0.25, 0.3) is 33.1 Å². The summed E-state index contributed by atoms with van der Waals surface area (Å²) in [6.07, 6.45) is 1.91. The first-order valence-electron chi connectivity index (χ1n) is 22.5. The Morgan fingerprint density at radius 3 is 1.79 bits per heavy atom. The molecule has 0 radical (unpaired) electrons. The Hall–Kier alpha value is -5.94. The van der Waals surface area contributed by atoms with Gasteiger partial charge in [0.1, 0.15) is 11.2 Å². The van der Waals surface area contributed by atoms with Crippen molar-refractivity contribution in [1.82, 2.24) is 0 Å². The Bertz CT molecular complexity index is 3060. The second kappa shape index (κ2) is 13.8. The number of benzene rings is 6. The van der Waals surface area contributed by atoms with Crippen LogP contribution in [0.4, 0.5) is 34.1 Å². The van der Waals surface area contributed by atoms with E-state index in [2.05, 4.69) is 197 Å². The van der Waals surface area contributed by atoms with E-state index in [4.69, 9.17) is 8.83 Å². The molecule has 5 heteroatoms. The third kappa shape index (κ3) is 6.25. The van der Waals surface area contributed by atoms with Crippen LogP contribution in [0.3, 0.4) is 0 Å². The number of anilines is 6. The van der Waals surface area contributed by atoms with Gasteiger partial charge < -0.3 is 18.6 Å². The van der Waals surface area contributed by atoms with Crippen LogP contribution in [0.15, 0.2) is 124 Å². The van der Waals surface area contributed by atoms with E-state index in [0.717, 1.165) is 50.1 Å². The average molecular weight is 815 g/mol.